The van der Waals surface area contributed by atoms with Gasteiger partial charge in [-0.25, -0.2) is 0 Å². The fraction of sp³-hybridized carbons (Fsp3) is 0.163. The van der Waals surface area contributed by atoms with E-state index in [4.69, 9.17) is 14.2 Å². The van der Waals surface area contributed by atoms with E-state index >= 15 is 0 Å². The molecular weight excluding hydrogens is 608 g/mol. The Bertz CT molecular complexity index is 2540. The maximum atomic E-state index is 10.2. The van der Waals surface area contributed by atoms with Gasteiger partial charge in [0, 0.05) is 29.2 Å². The number of nitrogens with one attached hydrogen (secondary N) is 1. The van der Waals surface area contributed by atoms with Gasteiger partial charge < -0.3 is 29.5 Å². The van der Waals surface area contributed by atoms with Crippen molar-refractivity contribution in [3.8, 4) is 45.3 Å². The topological polar surface area (TPSA) is 63.2 Å². The average molecular weight is 643 g/mol. The van der Waals surface area contributed by atoms with Crippen molar-refractivity contribution in [3.05, 3.63) is 121 Å². The number of fused-ring (bicyclic) bond motifs is 11. The molecule has 0 radical (unpaired) electrons. The number of ether oxygens (including phenoxy) is 3. The van der Waals surface area contributed by atoms with Crippen molar-refractivity contribution in [2.45, 2.75) is 25.0 Å². The van der Waals surface area contributed by atoms with Crippen molar-refractivity contribution in [1.82, 2.24) is 0 Å². The third kappa shape index (κ3) is 3.83. The zero-order valence-electron chi connectivity index (χ0n) is 27.5. The molecule has 0 amide bonds. The highest BCUT2D eigenvalue weighted by Gasteiger charge is 2.59. The van der Waals surface area contributed by atoms with Crippen molar-refractivity contribution in [1.29, 1.82) is 0 Å². The van der Waals surface area contributed by atoms with Crippen LogP contribution in [0.4, 0.5) is 11.4 Å². The van der Waals surface area contributed by atoms with Gasteiger partial charge in [-0.3, -0.25) is 0 Å². The van der Waals surface area contributed by atoms with Gasteiger partial charge in [0.2, 0.25) is 12.5 Å². The quantitative estimate of drug-likeness (QED) is 0.186. The van der Waals surface area contributed by atoms with Gasteiger partial charge in [-0.15, -0.1) is 0 Å². The molecule has 6 heteroatoms. The molecule has 3 aliphatic rings. The Labute approximate surface area is 284 Å². The predicted molar refractivity (Wildman–Crippen MR) is 197 cm³/mol. The Hall–Kier alpha value is -5.88. The van der Waals surface area contributed by atoms with E-state index in [1.54, 1.807) is 12.1 Å². The highest BCUT2D eigenvalue weighted by Crippen LogP contribution is 2.55. The van der Waals surface area contributed by atoms with E-state index in [1.165, 1.54) is 22.0 Å². The van der Waals surface area contributed by atoms with E-state index in [0.29, 0.717) is 6.54 Å². The van der Waals surface area contributed by atoms with Crippen LogP contribution in [0.5, 0.6) is 23.0 Å². The van der Waals surface area contributed by atoms with Crippen LogP contribution in [0.2, 0.25) is 0 Å². The Balaban J connectivity index is 1.07. The first-order chi connectivity index (χ1) is 23.8. The molecule has 3 heterocycles. The number of aromatic hydroxyl groups is 1. The summed E-state index contributed by atoms with van der Waals surface area (Å²) in [6.07, 6.45) is 0. The third-order valence-electron chi connectivity index (χ3n) is 11.2. The number of benzene rings is 7. The molecule has 0 saturated heterocycles. The summed E-state index contributed by atoms with van der Waals surface area (Å²) >= 11 is 0. The van der Waals surface area contributed by atoms with Crippen LogP contribution < -0.4 is 24.4 Å². The molecule has 6 nitrogen and oxygen atoms in total. The number of phenols is 1. The minimum absolute atomic E-state index is 0.134. The molecule has 1 atom stereocenters. The molecule has 0 saturated carbocycles. The average Bonchev–Trinajstić information content (AvgIpc) is 3.24. The van der Waals surface area contributed by atoms with Crippen molar-refractivity contribution in [3.63, 3.8) is 0 Å². The molecule has 7 aromatic carbocycles. The first-order valence-corrected chi connectivity index (χ1v) is 16.7. The van der Waals surface area contributed by atoms with E-state index in [0.717, 1.165) is 66.7 Å². The Kier molecular flexibility index (Phi) is 5.65. The summed E-state index contributed by atoms with van der Waals surface area (Å²) < 4.78 is 19.2. The summed E-state index contributed by atoms with van der Waals surface area (Å²) in [5, 5.41) is 20.5. The van der Waals surface area contributed by atoms with Gasteiger partial charge in [0.1, 0.15) is 23.0 Å². The summed E-state index contributed by atoms with van der Waals surface area (Å²) in [5.74, 6) is 2.66. The Morgan fingerprint density at radius 1 is 0.653 bits per heavy atom. The van der Waals surface area contributed by atoms with Crippen LogP contribution >= 0.6 is 0 Å². The minimum atomic E-state index is -0.598. The summed E-state index contributed by atoms with van der Waals surface area (Å²) in [6.45, 7) is 5.39. The second kappa shape index (κ2) is 9.83. The first-order valence-electron chi connectivity index (χ1n) is 16.7. The zero-order chi connectivity index (χ0) is 33.1. The lowest BCUT2D eigenvalue weighted by molar-refractivity contribution is 0.0201. The van der Waals surface area contributed by atoms with Gasteiger partial charge in [0.05, 0.1) is 17.6 Å². The van der Waals surface area contributed by atoms with Crippen LogP contribution in [0, 0.1) is 0 Å². The highest BCUT2D eigenvalue weighted by atomic mass is 16.7. The number of anilines is 2. The SMILES string of the molecule is CN1c2ccc(-c3ccc4c5c(ccc4c3)OCOc3ccc4cc(O)ccc4c3-5)cc2C(C)(C)[C@@]12CNc1c(ccc3ccccc13)O2. The van der Waals surface area contributed by atoms with Gasteiger partial charge in [0.15, 0.2) is 0 Å². The lowest BCUT2D eigenvalue weighted by atomic mass is 9.76. The second-order valence-electron chi connectivity index (χ2n) is 13.9. The van der Waals surface area contributed by atoms with Gasteiger partial charge in [-0.1, -0.05) is 60.7 Å². The van der Waals surface area contributed by atoms with E-state index in [9.17, 15) is 5.11 Å². The summed E-state index contributed by atoms with van der Waals surface area (Å²) in [7, 11) is 2.15. The molecule has 0 aliphatic carbocycles. The molecule has 0 unspecified atom stereocenters. The van der Waals surface area contributed by atoms with Crippen LogP contribution in [-0.2, 0) is 5.41 Å². The van der Waals surface area contributed by atoms with Gasteiger partial charge in [-0.05, 0) is 112 Å². The number of rotatable bonds is 1. The zero-order valence-corrected chi connectivity index (χ0v) is 27.5. The van der Waals surface area contributed by atoms with Crippen LogP contribution in [0.15, 0.2) is 115 Å². The summed E-state index contributed by atoms with van der Waals surface area (Å²) in [5.41, 5.74) is 6.85. The standard InChI is InChI=1S/C43H34N2O4/c1-42(2)34-22-27(9-16-35(34)45(3)43(42)23-44-41-33-7-5-4-6-25(33)10-19-38(41)49-43)26-8-14-31-28(20-26)11-17-36-39(31)40-32-15-13-30(46)21-29(32)12-18-37(40)48-24-47-36/h4-22,44,46H,23-24H2,1-3H3/t43-/m0/s1. The van der Waals surface area contributed by atoms with E-state index in [2.05, 4.69) is 110 Å². The molecular formula is C43H34N2O4. The smallest absolute Gasteiger partial charge is 0.230 e. The van der Waals surface area contributed by atoms with Crippen molar-refractivity contribution in [2.75, 3.05) is 30.6 Å². The number of likely N-dealkylation sites (N-methyl/N-ethyl adjacent to an activating group) is 1. The maximum absolute atomic E-state index is 10.2. The number of hydrogen-bond donors (Lipinski definition) is 2. The molecule has 0 bridgehead atoms. The highest BCUT2D eigenvalue weighted by molar-refractivity contribution is 6.10. The molecule has 240 valence electrons. The molecule has 0 aromatic heterocycles. The lowest BCUT2D eigenvalue weighted by Crippen LogP contribution is -2.64. The maximum Gasteiger partial charge on any atom is 0.230 e. The fourth-order valence-electron chi connectivity index (χ4n) is 8.51. The fourth-order valence-corrected chi connectivity index (χ4v) is 8.51. The summed E-state index contributed by atoms with van der Waals surface area (Å²) in [6, 6.07) is 39.7. The Morgan fingerprint density at radius 2 is 1.31 bits per heavy atom. The molecule has 2 N–H and O–H groups in total. The van der Waals surface area contributed by atoms with Crippen LogP contribution in [0.1, 0.15) is 19.4 Å². The molecule has 3 aliphatic heterocycles. The molecule has 49 heavy (non-hydrogen) atoms. The van der Waals surface area contributed by atoms with Crippen LogP contribution in [-0.4, -0.2) is 31.2 Å². The second-order valence-corrected chi connectivity index (χ2v) is 13.9. The molecule has 1 spiro atoms. The van der Waals surface area contributed by atoms with Gasteiger partial charge in [-0.2, -0.15) is 0 Å². The van der Waals surface area contributed by atoms with Crippen molar-refractivity contribution < 1.29 is 19.3 Å². The largest absolute Gasteiger partial charge is 0.508 e. The van der Waals surface area contributed by atoms with E-state index in [-0.39, 0.29) is 18.0 Å². The third-order valence-corrected chi connectivity index (χ3v) is 11.2. The Morgan fingerprint density at radius 3 is 2.10 bits per heavy atom. The lowest BCUT2D eigenvalue weighted by Gasteiger charge is -2.49. The van der Waals surface area contributed by atoms with Crippen LogP contribution in [0.3, 0.4) is 0 Å². The predicted octanol–water partition coefficient (Wildman–Crippen LogP) is 9.84. The molecule has 10 rings (SSSR count). The number of hydrogen-bond acceptors (Lipinski definition) is 6. The van der Waals surface area contributed by atoms with Crippen molar-refractivity contribution >= 4 is 43.7 Å². The molecule has 0 fully saturated rings. The summed E-state index contributed by atoms with van der Waals surface area (Å²) in [4.78, 5) is 2.32. The number of phenolic OH excluding ortho intramolecular Hbond substituents is 1. The van der Waals surface area contributed by atoms with Gasteiger partial charge in [0.25, 0.3) is 0 Å². The van der Waals surface area contributed by atoms with E-state index in [1.807, 2.05) is 24.3 Å². The first kappa shape index (κ1) is 28.2. The van der Waals surface area contributed by atoms with Crippen molar-refractivity contribution in [2.24, 2.45) is 0 Å². The minimum Gasteiger partial charge on any atom is -0.508 e. The normalized spacial score (nSPS) is 18.5. The number of nitrogens with zero attached hydrogens (tertiary/aromatic N) is 1. The van der Waals surface area contributed by atoms with E-state index < -0.39 is 5.72 Å². The van der Waals surface area contributed by atoms with Crippen LogP contribution in [0.25, 0.3) is 54.6 Å². The van der Waals surface area contributed by atoms with Gasteiger partial charge >= 0.3 is 0 Å². The monoisotopic (exact) mass is 642 g/mol. The molecule has 7 aromatic rings.